The number of benzene rings is 1. The maximum atomic E-state index is 13.5. The molecule has 0 aliphatic heterocycles. The lowest BCUT2D eigenvalue weighted by Gasteiger charge is -2.24. The molecule has 0 radical (unpaired) electrons. The number of hydrogen-bond acceptors (Lipinski definition) is 10. The average molecular weight is 477 g/mol. The van der Waals surface area contributed by atoms with E-state index >= 15 is 0 Å². The number of anilines is 1. The van der Waals surface area contributed by atoms with Gasteiger partial charge in [0.2, 0.25) is 0 Å². The van der Waals surface area contributed by atoms with E-state index in [4.69, 9.17) is 24.3 Å². The second kappa shape index (κ2) is 10.7. The molecule has 33 heavy (non-hydrogen) atoms. The Kier molecular flexibility index (Phi) is 8.01. The maximum Gasteiger partial charge on any atom is 0.405 e. The second-order valence-electron chi connectivity index (χ2n) is 7.68. The van der Waals surface area contributed by atoms with Gasteiger partial charge in [-0.3, -0.25) is 4.52 Å². The Hall–Kier alpha value is -3.01. The third-order valence-corrected chi connectivity index (χ3v) is 5.98. The van der Waals surface area contributed by atoms with Crippen LogP contribution in [0.15, 0.2) is 43.0 Å². The highest BCUT2D eigenvalue weighted by atomic mass is 31.2. The highest BCUT2D eigenvalue weighted by Gasteiger charge is 2.34. The molecule has 2 heterocycles. The molecule has 0 saturated heterocycles. The highest BCUT2D eigenvalue weighted by Crippen LogP contribution is 2.49. The van der Waals surface area contributed by atoms with Crippen molar-refractivity contribution in [1.29, 1.82) is 0 Å². The van der Waals surface area contributed by atoms with Gasteiger partial charge in [0.05, 0.1) is 25.1 Å². The number of para-hydroxylation sites is 1. The van der Waals surface area contributed by atoms with Crippen LogP contribution in [0.25, 0.3) is 11.2 Å². The summed E-state index contributed by atoms with van der Waals surface area (Å²) in [7, 11) is -3.89. The SMILES string of the molecule is CC(C)OC(=O)C(C)O[P@](=O)(CO[C@H](C)Cn1cnc2c(N)ncnc21)Oc1ccccc1. The van der Waals surface area contributed by atoms with E-state index in [9.17, 15) is 9.36 Å². The topological polar surface area (TPSA) is 141 Å². The molecule has 11 nitrogen and oxygen atoms in total. The Morgan fingerprint density at radius 1 is 1.12 bits per heavy atom. The molecule has 0 saturated carbocycles. The van der Waals surface area contributed by atoms with Crippen LogP contribution >= 0.6 is 7.60 Å². The number of hydrogen-bond donors (Lipinski definition) is 1. The first-order valence-corrected chi connectivity index (χ1v) is 12.1. The zero-order valence-corrected chi connectivity index (χ0v) is 19.8. The molecule has 0 amide bonds. The van der Waals surface area contributed by atoms with Gasteiger partial charge < -0.3 is 24.3 Å². The maximum absolute atomic E-state index is 13.5. The van der Waals surface area contributed by atoms with Crippen molar-refractivity contribution in [3.8, 4) is 5.75 Å². The third-order valence-electron chi connectivity index (χ3n) is 4.39. The van der Waals surface area contributed by atoms with Crippen LogP contribution in [0.2, 0.25) is 0 Å². The van der Waals surface area contributed by atoms with Crippen molar-refractivity contribution in [2.24, 2.45) is 0 Å². The number of carbonyl (C=O) groups is 1. The lowest BCUT2D eigenvalue weighted by Crippen LogP contribution is -2.27. The monoisotopic (exact) mass is 477 g/mol. The first kappa shape index (κ1) is 24.6. The van der Waals surface area contributed by atoms with Crippen LogP contribution < -0.4 is 10.3 Å². The molecule has 0 fully saturated rings. The second-order valence-corrected chi connectivity index (χ2v) is 9.56. The number of imidazole rings is 1. The molecular formula is C21H28N5O6P. The molecule has 1 aromatic carbocycles. The van der Waals surface area contributed by atoms with Crippen molar-refractivity contribution in [3.05, 3.63) is 43.0 Å². The lowest BCUT2D eigenvalue weighted by molar-refractivity contribution is -0.155. The molecule has 0 aliphatic rings. The Balaban J connectivity index is 1.70. The predicted octanol–water partition coefficient (Wildman–Crippen LogP) is 3.40. The average Bonchev–Trinajstić information content (AvgIpc) is 3.16. The van der Waals surface area contributed by atoms with Gasteiger partial charge in [-0.05, 0) is 39.8 Å². The van der Waals surface area contributed by atoms with E-state index in [0.29, 0.717) is 23.5 Å². The van der Waals surface area contributed by atoms with Crippen molar-refractivity contribution in [2.45, 2.75) is 52.6 Å². The Labute approximate surface area is 191 Å². The van der Waals surface area contributed by atoms with Crippen molar-refractivity contribution in [2.75, 3.05) is 12.1 Å². The van der Waals surface area contributed by atoms with E-state index in [1.165, 1.54) is 13.3 Å². The summed E-state index contributed by atoms with van der Waals surface area (Å²) in [5.74, 6) is -0.0323. The van der Waals surface area contributed by atoms with E-state index in [1.807, 2.05) is 0 Å². The number of carbonyl (C=O) groups excluding carboxylic acids is 1. The van der Waals surface area contributed by atoms with Gasteiger partial charge in [0.1, 0.15) is 17.6 Å². The minimum atomic E-state index is -3.89. The van der Waals surface area contributed by atoms with Crippen LogP contribution in [0, 0.1) is 0 Å². The number of nitrogen functional groups attached to an aromatic ring is 1. The van der Waals surface area contributed by atoms with Gasteiger partial charge in [0.15, 0.2) is 23.9 Å². The fourth-order valence-corrected chi connectivity index (χ4v) is 4.52. The molecule has 1 unspecified atom stereocenters. The predicted molar refractivity (Wildman–Crippen MR) is 122 cm³/mol. The molecule has 3 atom stereocenters. The minimum Gasteiger partial charge on any atom is -0.461 e. The van der Waals surface area contributed by atoms with Gasteiger partial charge in [0, 0.05) is 0 Å². The van der Waals surface area contributed by atoms with Crippen molar-refractivity contribution < 1.29 is 27.9 Å². The number of nitrogens with two attached hydrogens (primary N) is 1. The van der Waals surface area contributed by atoms with Crippen molar-refractivity contribution >= 4 is 30.5 Å². The quantitative estimate of drug-likeness (QED) is 0.323. The molecule has 0 bridgehead atoms. The highest BCUT2D eigenvalue weighted by molar-refractivity contribution is 7.54. The number of nitrogens with zero attached hydrogens (tertiary/aromatic N) is 4. The molecule has 0 spiro atoms. The van der Waals surface area contributed by atoms with Crippen LogP contribution in [-0.4, -0.2) is 50.1 Å². The molecule has 3 aromatic rings. The van der Waals surface area contributed by atoms with Crippen molar-refractivity contribution in [1.82, 2.24) is 19.5 Å². The fourth-order valence-electron chi connectivity index (χ4n) is 2.91. The van der Waals surface area contributed by atoms with E-state index in [0.717, 1.165) is 0 Å². The van der Waals surface area contributed by atoms with E-state index in [1.54, 1.807) is 62.0 Å². The Bertz CT molecular complexity index is 1120. The van der Waals surface area contributed by atoms with Crippen molar-refractivity contribution in [3.63, 3.8) is 0 Å². The summed E-state index contributed by atoms with van der Waals surface area (Å²) in [5.41, 5.74) is 6.87. The van der Waals surface area contributed by atoms with Gasteiger partial charge in [0.25, 0.3) is 0 Å². The summed E-state index contributed by atoms with van der Waals surface area (Å²) < 4.78 is 37.4. The summed E-state index contributed by atoms with van der Waals surface area (Å²) in [6, 6.07) is 8.54. The molecular weight excluding hydrogens is 449 g/mol. The Morgan fingerprint density at radius 3 is 2.55 bits per heavy atom. The van der Waals surface area contributed by atoms with Crippen LogP contribution in [0.4, 0.5) is 5.82 Å². The first-order chi connectivity index (χ1) is 15.7. The number of esters is 1. The van der Waals surface area contributed by atoms with Gasteiger partial charge in [-0.25, -0.2) is 24.3 Å². The molecule has 2 aromatic heterocycles. The summed E-state index contributed by atoms with van der Waals surface area (Å²) in [4.78, 5) is 24.5. The fraction of sp³-hybridized carbons (Fsp3) is 0.429. The summed E-state index contributed by atoms with van der Waals surface area (Å²) in [6.07, 6.45) is 0.680. The number of fused-ring (bicyclic) bond motifs is 1. The number of rotatable bonds is 11. The lowest BCUT2D eigenvalue weighted by atomic mass is 10.3. The van der Waals surface area contributed by atoms with Crippen LogP contribution in [0.1, 0.15) is 27.7 Å². The number of aromatic nitrogens is 4. The van der Waals surface area contributed by atoms with E-state index in [2.05, 4.69) is 15.0 Å². The van der Waals surface area contributed by atoms with Crippen LogP contribution in [0.3, 0.4) is 0 Å². The van der Waals surface area contributed by atoms with Gasteiger partial charge >= 0.3 is 13.6 Å². The van der Waals surface area contributed by atoms with Gasteiger partial charge in [-0.1, -0.05) is 18.2 Å². The summed E-state index contributed by atoms with van der Waals surface area (Å²) in [5, 5.41) is 0. The smallest absolute Gasteiger partial charge is 0.405 e. The third kappa shape index (κ3) is 6.74. The minimum absolute atomic E-state index is 0.281. The molecule has 12 heteroatoms. The summed E-state index contributed by atoms with van der Waals surface area (Å²) in [6.45, 7) is 7.03. The van der Waals surface area contributed by atoms with Gasteiger partial charge in [-0.2, -0.15) is 0 Å². The van der Waals surface area contributed by atoms with E-state index < -0.39 is 25.8 Å². The standard InChI is InChI=1S/C21H28N5O6P/c1-14(2)30-21(27)16(4)31-33(28,32-17-8-6-5-7-9-17)13-29-15(3)10-26-12-25-18-19(22)23-11-24-20(18)26/h5-9,11-12,14-16H,10,13H2,1-4H3,(H2,22,23,24)/t15-,16?,33-/m1/s1. The summed E-state index contributed by atoms with van der Waals surface area (Å²) >= 11 is 0. The van der Waals surface area contributed by atoms with Gasteiger partial charge in [-0.15, -0.1) is 0 Å². The Morgan fingerprint density at radius 2 is 1.85 bits per heavy atom. The zero-order chi connectivity index (χ0) is 24.0. The van der Waals surface area contributed by atoms with E-state index in [-0.39, 0.29) is 18.3 Å². The zero-order valence-electron chi connectivity index (χ0n) is 19.0. The molecule has 178 valence electrons. The molecule has 2 N–H and O–H groups in total. The number of ether oxygens (including phenoxy) is 2. The largest absolute Gasteiger partial charge is 0.461 e. The molecule has 3 rings (SSSR count). The normalized spacial score (nSPS) is 15.2. The first-order valence-electron chi connectivity index (χ1n) is 10.4. The molecule has 0 aliphatic carbocycles. The van der Waals surface area contributed by atoms with Crippen LogP contribution in [-0.2, 0) is 29.9 Å². The van der Waals surface area contributed by atoms with Crippen LogP contribution in [0.5, 0.6) is 5.75 Å².